The zero-order valence-electron chi connectivity index (χ0n) is 17.2. The van der Waals surface area contributed by atoms with E-state index in [9.17, 15) is 9.59 Å². The molecule has 0 unspecified atom stereocenters. The number of carbonyl (C=O) groups is 2. The van der Waals surface area contributed by atoms with Gasteiger partial charge in [-0.2, -0.15) is 0 Å². The van der Waals surface area contributed by atoms with Crippen LogP contribution in [0.2, 0.25) is 5.02 Å². The third kappa shape index (κ3) is 5.08. The number of methoxy groups -OCH3 is 1. The fraction of sp³-hybridized carbons (Fsp3) is 0.364. The van der Waals surface area contributed by atoms with Gasteiger partial charge in [-0.1, -0.05) is 25.4 Å². The van der Waals surface area contributed by atoms with E-state index in [1.807, 2.05) is 30.9 Å². The van der Waals surface area contributed by atoms with Crippen molar-refractivity contribution in [3.63, 3.8) is 0 Å². The van der Waals surface area contributed by atoms with Crippen molar-refractivity contribution < 1.29 is 14.3 Å². The van der Waals surface area contributed by atoms with Crippen LogP contribution in [0, 0.1) is 5.92 Å². The van der Waals surface area contributed by atoms with Gasteiger partial charge in [0.05, 0.1) is 23.0 Å². The number of halogens is 2. The molecule has 1 N–H and O–H groups in total. The molecule has 3 rings (SSSR count). The fourth-order valence-corrected chi connectivity index (χ4v) is 4.13. The second-order valence-corrected chi connectivity index (χ2v) is 8.72. The molecule has 6 nitrogen and oxygen atoms in total. The van der Waals surface area contributed by atoms with Crippen molar-refractivity contribution in [2.45, 2.75) is 13.8 Å². The van der Waals surface area contributed by atoms with E-state index < -0.39 is 0 Å². The average molecular weight is 495 g/mol. The molecule has 160 valence electrons. The molecule has 1 aliphatic rings. The summed E-state index contributed by atoms with van der Waals surface area (Å²) in [6.07, 6.45) is 0. The van der Waals surface area contributed by atoms with E-state index in [2.05, 4.69) is 26.1 Å². The molecule has 30 heavy (non-hydrogen) atoms. The van der Waals surface area contributed by atoms with E-state index in [1.54, 1.807) is 31.4 Å². The summed E-state index contributed by atoms with van der Waals surface area (Å²) in [5.41, 5.74) is 2.03. The van der Waals surface area contributed by atoms with Crippen molar-refractivity contribution in [3.8, 4) is 5.75 Å². The highest BCUT2D eigenvalue weighted by Crippen LogP contribution is 2.31. The predicted molar refractivity (Wildman–Crippen MR) is 124 cm³/mol. The van der Waals surface area contributed by atoms with E-state index >= 15 is 0 Å². The quantitative estimate of drug-likeness (QED) is 0.656. The molecule has 2 aromatic rings. The average Bonchev–Trinajstić information content (AvgIpc) is 2.73. The summed E-state index contributed by atoms with van der Waals surface area (Å²) >= 11 is 9.61. The minimum Gasteiger partial charge on any atom is -0.496 e. The Morgan fingerprint density at radius 3 is 2.40 bits per heavy atom. The summed E-state index contributed by atoms with van der Waals surface area (Å²) < 4.78 is 5.93. The minimum absolute atomic E-state index is 0.00856. The molecule has 8 heteroatoms. The first-order valence-electron chi connectivity index (χ1n) is 9.78. The van der Waals surface area contributed by atoms with Crippen LogP contribution >= 0.6 is 27.5 Å². The Morgan fingerprint density at radius 1 is 1.10 bits per heavy atom. The van der Waals surface area contributed by atoms with Gasteiger partial charge in [0.25, 0.3) is 5.91 Å². The zero-order chi connectivity index (χ0) is 21.8. The molecule has 0 aliphatic carbocycles. The van der Waals surface area contributed by atoms with Gasteiger partial charge in [-0.05, 0) is 52.3 Å². The molecule has 0 aromatic heterocycles. The molecular weight excluding hydrogens is 470 g/mol. The number of benzene rings is 2. The maximum atomic E-state index is 12.8. The number of hydrogen-bond donors (Lipinski definition) is 1. The number of piperazine rings is 1. The van der Waals surface area contributed by atoms with Gasteiger partial charge in [-0.25, -0.2) is 0 Å². The van der Waals surface area contributed by atoms with E-state index in [0.29, 0.717) is 52.7 Å². The highest BCUT2D eigenvalue weighted by atomic mass is 79.9. The lowest BCUT2D eigenvalue weighted by atomic mass is 10.1. The Bertz CT molecular complexity index is 943. The van der Waals surface area contributed by atoms with Crippen LogP contribution in [0.15, 0.2) is 40.9 Å². The molecule has 1 aliphatic heterocycles. The number of amides is 2. The van der Waals surface area contributed by atoms with Gasteiger partial charge in [0, 0.05) is 42.7 Å². The Labute approximate surface area is 190 Å². The van der Waals surface area contributed by atoms with Crippen LogP contribution < -0.4 is 15.0 Å². The van der Waals surface area contributed by atoms with E-state index in [0.717, 1.165) is 5.69 Å². The molecule has 0 radical (unpaired) electrons. The molecule has 0 saturated carbocycles. The van der Waals surface area contributed by atoms with Crippen LogP contribution in [0.4, 0.5) is 11.4 Å². The first-order chi connectivity index (χ1) is 14.3. The Morgan fingerprint density at radius 2 is 1.80 bits per heavy atom. The SMILES string of the molecule is COc1ccc(C(=O)Nc2cc(Cl)ccc2N2CCN(C(=O)C(C)C)CC2)cc1Br. The number of nitrogens with one attached hydrogen (secondary N) is 1. The summed E-state index contributed by atoms with van der Waals surface area (Å²) in [7, 11) is 1.58. The number of rotatable bonds is 5. The summed E-state index contributed by atoms with van der Waals surface area (Å²) in [5.74, 6) is 0.578. The third-order valence-corrected chi connectivity index (χ3v) is 5.90. The van der Waals surface area contributed by atoms with Crippen molar-refractivity contribution in [3.05, 3.63) is 51.5 Å². The normalized spacial score (nSPS) is 14.1. The number of nitrogens with zero attached hydrogens (tertiary/aromatic N) is 2. The molecule has 1 saturated heterocycles. The predicted octanol–water partition coefficient (Wildman–Crippen LogP) is 4.67. The van der Waals surface area contributed by atoms with E-state index in [1.165, 1.54) is 0 Å². The van der Waals surface area contributed by atoms with Crippen molar-refractivity contribution >= 4 is 50.7 Å². The second kappa shape index (κ2) is 9.71. The van der Waals surface area contributed by atoms with Crippen LogP contribution in [0.25, 0.3) is 0 Å². The lowest BCUT2D eigenvalue weighted by molar-refractivity contribution is -0.134. The maximum Gasteiger partial charge on any atom is 0.255 e. The molecule has 0 atom stereocenters. The highest BCUT2D eigenvalue weighted by Gasteiger charge is 2.24. The van der Waals surface area contributed by atoms with Gasteiger partial charge in [0.2, 0.25) is 5.91 Å². The van der Waals surface area contributed by atoms with Crippen molar-refractivity contribution in [2.24, 2.45) is 5.92 Å². The topological polar surface area (TPSA) is 61.9 Å². The number of hydrogen-bond acceptors (Lipinski definition) is 4. The van der Waals surface area contributed by atoms with Crippen LogP contribution in [-0.2, 0) is 4.79 Å². The van der Waals surface area contributed by atoms with Gasteiger partial charge in [-0.15, -0.1) is 0 Å². The minimum atomic E-state index is -0.240. The molecule has 1 fully saturated rings. The van der Waals surface area contributed by atoms with Gasteiger partial charge >= 0.3 is 0 Å². The lowest BCUT2D eigenvalue weighted by Gasteiger charge is -2.37. The number of carbonyl (C=O) groups excluding carboxylic acids is 2. The maximum absolute atomic E-state index is 12.8. The van der Waals surface area contributed by atoms with E-state index in [4.69, 9.17) is 16.3 Å². The number of anilines is 2. The smallest absolute Gasteiger partial charge is 0.255 e. The van der Waals surface area contributed by atoms with Gasteiger partial charge < -0.3 is 19.9 Å². The standard InChI is InChI=1S/C22H25BrClN3O3/c1-14(2)22(29)27-10-8-26(9-11-27)19-6-5-16(24)13-18(19)25-21(28)15-4-7-20(30-3)17(23)12-15/h4-7,12-14H,8-11H2,1-3H3,(H,25,28). The first-order valence-corrected chi connectivity index (χ1v) is 11.0. The van der Waals surface area contributed by atoms with Crippen LogP contribution in [0.3, 0.4) is 0 Å². The molecule has 0 bridgehead atoms. The Kier molecular flexibility index (Phi) is 7.26. The Hall–Kier alpha value is -2.25. The molecule has 2 aromatic carbocycles. The second-order valence-electron chi connectivity index (χ2n) is 7.43. The van der Waals surface area contributed by atoms with Crippen LogP contribution in [0.1, 0.15) is 24.2 Å². The molecule has 0 spiro atoms. The largest absolute Gasteiger partial charge is 0.496 e. The summed E-state index contributed by atoms with van der Waals surface area (Å²) in [5, 5.41) is 3.51. The first kappa shape index (κ1) is 22.4. The fourth-order valence-electron chi connectivity index (χ4n) is 3.42. The van der Waals surface area contributed by atoms with Crippen LogP contribution in [0.5, 0.6) is 5.75 Å². The number of ether oxygens (including phenoxy) is 1. The van der Waals surface area contributed by atoms with Gasteiger partial charge in [-0.3, -0.25) is 9.59 Å². The lowest BCUT2D eigenvalue weighted by Crippen LogP contribution is -2.50. The monoisotopic (exact) mass is 493 g/mol. The molecule has 2 amide bonds. The summed E-state index contributed by atoms with van der Waals surface area (Å²) in [4.78, 5) is 29.1. The van der Waals surface area contributed by atoms with E-state index in [-0.39, 0.29) is 17.7 Å². The molecular formula is C22H25BrClN3O3. The van der Waals surface area contributed by atoms with Crippen molar-refractivity contribution in [2.75, 3.05) is 43.5 Å². The van der Waals surface area contributed by atoms with Crippen LogP contribution in [-0.4, -0.2) is 50.0 Å². The van der Waals surface area contributed by atoms with Gasteiger partial charge in [0.1, 0.15) is 5.75 Å². The Balaban J connectivity index is 1.77. The third-order valence-electron chi connectivity index (χ3n) is 5.05. The van der Waals surface area contributed by atoms with Gasteiger partial charge in [0.15, 0.2) is 0 Å². The summed E-state index contributed by atoms with van der Waals surface area (Å²) in [6.45, 7) is 6.52. The van der Waals surface area contributed by atoms with Crippen molar-refractivity contribution in [1.29, 1.82) is 0 Å². The summed E-state index contributed by atoms with van der Waals surface area (Å²) in [6, 6.07) is 10.6. The molecule has 1 heterocycles. The zero-order valence-corrected chi connectivity index (χ0v) is 19.6. The van der Waals surface area contributed by atoms with Crippen molar-refractivity contribution in [1.82, 2.24) is 4.90 Å². The highest BCUT2D eigenvalue weighted by molar-refractivity contribution is 9.10.